The van der Waals surface area contributed by atoms with Crippen molar-refractivity contribution in [3.05, 3.63) is 0 Å². The standard InChI is InChI=1S/C24H54N3P.ClH/c1-7-13-19-25(20-14-8-2)28(26(21-15-9-3)22-16-10-4)27(23-17-11-5)24-18-12-6;/h7-24H2,1-6H3;1H. The molecule has 0 aromatic rings. The van der Waals surface area contributed by atoms with Gasteiger partial charge in [-0.3, -0.25) is 0 Å². The average molecular weight is 452 g/mol. The predicted octanol–water partition coefficient (Wildman–Crippen LogP) is 4.66. The van der Waals surface area contributed by atoms with Crippen LogP contribution in [0.1, 0.15) is 119 Å². The van der Waals surface area contributed by atoms with Gasteiger partial charge < -0.3 is 12.4 Å². The molecule has 0 spiro atoms. The number of rotatable bonds is 21. The molecule has 178 valence electrons. The highest BCUT2D eigenvalue weighted by Crippen LogP contribution is 2.49. The molecule has 0 N–H and O–H groups in total. The van der Waals surface area contributed by atoms with Crippen LogP contribution in [-0.4, -0.2) is 53.3 Å². The third-order valence-corrected chi connectivity index (χ3v) is 8.58. The molecule has 0 bridgehead atoms. The largest absolute Gasteiger partial charge is 1.00 e. The number of unbranched alkanes of at least 4 members (excludes halogenated alkanes) is 6. The Morgan fingerprint density at radius 3 is 0.690 bits per heavy atom. The number of nitrogens with zero attached hydrogens (tertiary/aromatic N) is 3. The summed E-state index contributed by atoms with van der Waals surface area (Å²) in [6.45, 7) is 21.9. The minimum atomic E-state index is -0.794. The number of hydrogen-bond acceptors (Lipinski definition) is 3. The first-order valence-corrected chi connectivity index (χ1v) is 14.2. The van der Waals surface area contributed by atoms with Gasteiger partial charge in [0.2, 0.25) is 8.37 Å². The second kappa shape index (κ2) is 23.3. The molecule has 0 atom stereocenters. The molecule has 5 heteroatoms. The van der Waals surface area contributed by atoms with E-state index in [1.54, 1.807) is 0 Å². The van der Waals surface area contributed by atoms with Crippen LogP contribution in [0.25, 0.3) is 0 Å². The van der Waals surface area contributed by atoms with Crippen molar-refractivity contribution >= 4 is 8.37 Å². The van der Waals surface area contributed by atoms with E-state index in [0.29, 0.717) is 0 Å². The summed E-state index contributed by atoms with van der Waals surface area (Å²) < 4.78 is 8.86. The Morgan fingerprint density at radius 2 is 0.552 bits per heavy atom. The van der Waals surface area contributed by atoms with Gasteiger partial charge in [0, 0.05) is 39.3 Å². The van der Waals surface area contributed by atoms with Crippen molar-refractivity contribution in [2.24, 2.45) is 0 Å². The summed E-state index contributed by atoms with van der Waals surface area (Å²) in [5, 5.41) is 0. The minimum Gasteiger partial charge on any atom is -1.00 e. The lowest BCUT2D eigenvalue weighted by Gasteiger charge is -2.38. The van der Waals surface area contributed by atoms with Crippen molar-refractivity contribution in [1.82, 2.24) is 14.0 Å². The maximum atomic E-state index is 2.95. The van der Waals surface area contributed by atoms with Crippen molar-refractivity contribution in [1.29, 1.82) is 0 Å². The van der Waals surface area contributed by atoms with Crippen LogP contribution < -0.4 is 12.4 Å². The van der Waals surface area contributed by atoms with Crippen molar-refractivity contribution in [3.63, 3.8) is 0 Å². The van der Waals surface area contributed by atoms with Gasteiger partial charge in [0.1, 0.15) is 0 Å². The normalized spacial score (nSPS) is 11.8. The van der Waals surface area contributed by atoms with Gasteiger partial charge in [-0.2, -0.15) is 14.0 Å². The van der Waals surface area contributed by atoms with Gasteiger partial charge >= 0.3 is 0 Å². The molecule has 29 heavy (non-hydrogen) atoms. The van der Waals surface area contributed by atoms with E-state index in [4.69, 9.17) is 0 Å². The fourth-order valence-corrected chi connectivity index (χ4v) is 6.98. The highest BCUT2D eigenvalue weighted by atomic mass is 35.5. The van der Waals surface area contributed by atoms with E-state index >= 15 is 0 Å². The summed E-state index contributed by atoms with van der Waals surface area (Å²) in [6, 6.07) is 0. The first-order chi connectivity index (χ1) is 13.7. The lowest BCUT2D eigenvalue weighted by atomic mass is 10.3. The summed E-state index contributed by atoms with van der Waals surface area (Å²) in [5.41, 5.74) is 0. The average Bonchev–Trinajstić information content (AvgIpc) is 2.72. The Morgan fingerprint density at radius 1 is 0.379 bits per heavy atom. The third kappa shape index (κ3) is 15.1. The summed E-state index contributed by atoms with van der Waals surface area (Å²) in [6.07, 6.45) is 16.0. The second-order valence-corrected chi connectivity index (χ2v) is 10.9. The Labute approximate surface area is 192 Å². The maximum absolute atomic E-state index is 2.95. The minimum absolute atomic E-state index is 0. The first kappa shape index (κ1) is 31.8. The lowest BCUT2D eigenvalue weighted by molar-refractivity contribution is -0.00000661. The van der Waals surface area contributed by atoms with Crippen LogP contribution in [0, 0.1) is 0 Å². The highest BCUT2D eigenvalue weighted by molar-refractivity contribution is 7.50. The van der Waals surface area contributed by atoms with Crippen LogP contribution in [0.15, 0.2) is 0 Å². The molecule has 0 aromatic carbocycles. The van der Waals surface area contributed by atoms with Crippen LogP contribution in [0.4, 0.5) is 0 Å². The van der Waals surface area contributed by atoms with E-state index in [1.165, 1.54) is 116 Å². The smallest absolute Gasteiger partial charge is 0.213 e. The highest BCUT2D eigenvalue weighted by Gasteiger charge is 2.37. The molecule has 0 aliphatic heterocycles. The summed E-state index contributed by atoms with van der Waals surface area (Å²) in [5.74, 6) is 0. The van der Waals surface area contributed by atoms with Crippen LogP contribution in [0.2, 0.25) is 0 Å². The molecule has 0 saturated carbocycles. The molecule has 0 radical (unpaired) electrons. The lowest BCUT2D eigenvalue weighted by Crippen LogP contribution is -3.00. The zero-order chi connectivity index (χ0) is 21.0. The van der Waals surface area contributed by atoms with Crippen molar-refractivity contribution < 1.29 is 12.4 Å². The molecular weight excluding hydrogens is 397 g/mol. The fourth-order valence-electron chi connectivity index (χ4n) is 3.63. The SMILES string of the molecule is CCCCN(CCCC)[PH+](N(CCCC)CCCC)N(CCCC)CCCC.[Cl-]. The summed E-state index contributed by atoms with van der Waals surface area (Å²) in [7, 11) is -0.794. The first-order valence-electron chi connectivity index (χ1n) is 12.8. The zero-order valence-electron chi connectivity index (χ0n) is 20.9. The Bertz CT molecular complexity index is 249. The Balaban J connectivity index is 0. The number of hydrogen-bond donors (Lipinski definition) is 0. The molecule has 0 fully saturated rings. The molecule has 0 aliphatic carbocycles. The van der Waals surface area contributed by atoms with Crippen molar-refractivity contribution in [3.8, 4) is 0 Å². The van der Waals surface area contributed by atoms with Crippen LogP contribution in [0.5, 0.6) is 0 Å². The zero-order valence-corrected chi connectivity index (χ0v) is 22.7. The molecule has 0 saturated heterocycles. The second-order valence-electron chi connectivity index (χ2n) is 8.38. The summed E-state index contributed by atoms with van der Waals surface area (Å²) >= 11 is 0. The monoisotopic (exact) mass is 451 g/mol. The van der Waals surface area contributed by atoms with Crippen molar-refractivity contribution in [2.45, 2.75) is 119 Å². The van der Waals surface area contributed by atoms with Crippen molar-refractivity contribution in [2.75, 3.05) is 39.3 Å². The molecule has 0 aromatic heterocycles. The quantitative estimate of drug-likeness (QED) is 0.235. The van der Waals surface area contributed by atoms with Gasteiger partial charge in [-0.25, -0.2) is 0 Å². The van der Waals surface area contributed by atoms with E-state index in [9.17, 15) is 0 Å². The van der Waals surface area contributed by atoms with Crippen LogP contribution in [-0.2, 0) is 0 Å². The van der Waals surface area contributed by atoms with Crippen LogP contribution in [0.3, 0.4) is 0 Å². The predicted molar refractivity (Wildman–Crippen MR) is 132 cm³/mol. The molecular formula is C24H55ClN3P. The molecule has 3 nitrogen and oxygen atoms in total. The molecule has 0 unspecified atom stereocenters. The van der Waals surface area contributed by atoms with E-state index in [2.05, 4.69) is 55.6 Å². The third-order valence-electron chi connectivity index (χ3n) is 5.54. The topological polar surface area (TPSA) is 9.72 Å². The molecule has 0 amide bonds. The van der Waals surface area contributed by atoms with Gasteiger partial charge in [-0.1, -0.05) is 80.1 Å². The fraction of sp³-hybridized carbons (Fsp3) is 1.00. The van der Waals surface area contributed by atoms with Gasteiger partial charge in [0.15, 0.2) is 0 Å². The summed E-state index contributed by atoms with van der Waals surface area (Å²) in [4.78, 5) is 0. The Hall–Kier alpha value is 0.600. The van der Waals surface area contributed by atoms with E-state index < -0.39 is 8.37 Å². The van der Waals surface area contributed by atoms with Gasteiger partial charge in [-0.05, 0) is 38.5 Å². The van der Waals surface area contributed by atoms with E-state index in [0.717, 1.165) is 0 Å². The number of halogens is 1. The maximum Gasteiger partial charge on any atom is 0.213 e. The molecule has 0 rings (SSSR count). The Kier molecular flexibility index (Phi) is 25.5. The van der Waals surface area contributed by atoms with Gasteiger partial charge in [0.05, 0.1) is 0 Å². The van der Waals surface area contributed by atoms with Gasteiger partial charge in [0.25, 0.3) is 0 Å². The molecule has 0 aliphatic rings. The van der Waals surface area contributed by atoms with E-state index in [-0.39, 0.29) is 12.4 Å². The van der Waals surface area contributed by atoms with E-state index in [1.807, 2.05) is 0 Å². The van der Waals surface area contributed by atoms with Gasteiger partial charge in [-0.15, -0.1) is 0 Å². The van der Waals surface area contributed by atoms with Crippen LogP contribution >= 0.6 is 8.37 Å². The molecule has 0 heterocycles.